The zero-order valence-electron chi connectivity index (χ0n) is 25.9. The van der Waals surface area contributed by atoms with Gasteiger partial charge in [0.05, 0.1) is 18.8 Å². The summed E-state index contributed by atoms with van der Waals surface area (Å²) in [5, 5.41) is 8.84. The van der Waals surface area contributed by atoms with Crippen molar-refractivity contribution >= 4 is 20.1 Å². The van der Waals surface area contributed by atoms with Gasteiger partial charge in [-0.05, 0) is 71.0 Å². The molecule has 4 atom stereocenters. The minimum atomic E-state index is -2.01. The standard InChI is InChI=1S/C32H54O6Si/c1-10-11-16-19-26(38-39(8,9)31(3,4)5)22-23-28(29-24-36-32(6,7)37-29)27(25(2)33)20-17-14-12-13-15-18-21-30(34)35/h11,13-17,22-23,26-29H,10,12,18-21,24H2,1-9H3,(H,34,35)/b15-13-,16-11-,17-14-,23-22+/t26?,27-,28-,29+/m0/s1. The van der Waals surface area contributed by atoms with Gasteiger partial charge in [0.15, 0.2) is 14.1 Å². The summed E-state index contributed by atoms with van der Waals surface area (Å²) in [7, 11) is -2.01. The number of allylic oxidation sites excluding steroid dienone is 5. The molecule has 1 unspecified atom stereocenters. The van der Waals surface area contributed by atoms with Crippen molar-refractivity contribution in [2.24, 2.45) is 11.8 Å². The van der Waals surface area contributed by atoms with Crippen LogP contribution in [0.4, 0.5) is 0 Å². The quantitative estimate of drug-likeness (QED) is 0.143. The summed E-state index contributed by atoms with van der Waals surface area (Å²) in [6, 6.07) is 0. The highest BCUT2D eigenvalue weighted by atomic mass is 28.4. The molecule has 1 N–H and O–H groups in total. The average Bonchev–Trinajstić information content (AvgIpc) is 3.17. The molecule has 6 nitrogen and oxygen atoms in total. The monoisotopic (exact) mass is 562 g/mol. The predicted molar refractivity (Wildman–Crippen MR) is 162 cm³/mol. The second-order valence-corrected chi connectivity index (χ2v) is 17.2. The molecule has 1 heterocycles. The van der Waals surface area contributed by atoms with Crippen LogP contribution in [0, 0.1) is 11.8 Å². The first-order valence-corrected chi connectivity index (χ1v) is 17.4. The minimum Gasteiger partial charge on any atom is -0.481 e. The second kappa shape index (κ2) is 16.5. The Balaban J connectivity index is 3.16. The van der Waals surface area contributed by atoms with E-state index in [1.165, 1.54) is 0 Å². The van der Waals surface area contributed by atoms with Gasteiger partial charge in [0.2, 0.25) is 0 Å². The zero-order chi connectivity index (χ0) is 29.7. The fourth-order valence-corrected chi connectivity index (χ4v) is 5.51. The lowest BCUT2D eigenvalue weighted by atomic mass is 9.82. The van der Waals surface area contributed by atoms with Crippen LogP contribution in [0.3, 0.4) is 0 Å². The number of ether oxygens (including phenoxy) is 2. The molecule has 0 bridgehead atoms. The average molecular weight is 563 g/mol. The summed E-state index contributed by atoms with van der Waals surface area (Å²) in [6.45, 7) is 19.3. The molecular formula is C32H54O6Si. The molecule has 0 aromatic rings. The van der Waals surface area contributed by atoms with Gasteiger partial charge in [-0.15, -0.1) is 0 Å². The van der Waals surface area contributed by atoms with Gasteiger partial charge in [-0.2, -0.15) is 0 Å². The van der Waals surface area contributed by atoms with Crippen LogP contribution in [0.25, 0.3) is 0 Å². The van der Waals surface area contributed by atoms with Gasteiger partial charge >= 0.3 is 5.97 Å². The van der Waals surface area contributed by atoms with Gasteiger partial charge in [-0.3, -0.25) is 9.59 Å². The lowest BCUT2D eigenvalue weighted by molar-refractivity contribution is -0.147. The Labute approximate surface area is 238 Å². The van der Waals surface area contributed by atoms with Crippen molar-refractivity contribution in [2.45, 2.75) is 123 Å². The molecule has 1 fully saturated rings. The third-order valence-corrected chi connectivity index (χ3v) is 12.0. The summed E-state index contributed by atoms with van der Waals surface area (Å²) in [5.74, 6) is -1.77. The number of rotatable bonds is 17. The lowest BCUT2D eigenvalue weighted by Crippen LogP contribution is -2.43. The number of Topliss-reactive ketones (excluding diaryl/α,β-unsaturated/α-hetero) is 1. The highest BCUT2D eigenvalue weighted by Crippen LogP contribution is 2.38. The molecule has 222 valence electrons. The third kappa shape index (κ3) is 13.4. The first-order valence-electron chi connectivity index (χ1n) is 14.4. The molecule has 7 heteroatoms. The van der Waals surface area contributed by atoms with Gasteiger partial charge in [0, 0.05) is 18.3 Å². The second-order valence-electron chi connectivity index (χ2n) is 12.4. The molecule has 1 aliphatic rings. The molecule has 1 saturated heterocycles. The molecule has 0 radical (unpaired) electrons. The number of hydrogen-bond acceptors (Lipinski definition) is 5. The van der Waals surface area contributed by atoms with Crippen molar-refractivity contribution in [3.8, 4) is 0 Å². The van der Waals surface area contributed by atoms with Crippen LogP contribution in [0.2, 0.25) is 18.1 Å². The van der Waals surface area contributed by atoms with E-state index in [1.54, 1.807) is 6.92 Å². The molecule has 1 rings (SSSR count). The molecule has 0 aliphatic carbocycles. The van der Waals surface area contributed by atoms with Crippen molar-refractivity contribution < 1.29 is 28.6 Å². The molecule has 1 aliphatic heterocycles. The van der Waals surface area contributed by atoms with Crippen molar-refractivity contribution in [3.63, 3.8) is 0 Å². The fraction of sp³-hybridized carbons (Fsp3) is 0.688. The minimum absolute atomic E-state index is 0.0781. The number of carbonyl (C=O) groups is 2. The molecule has 0 amide bonds. The van der Waals surface area contributed by atoms with Crippen LogP contribution in [0.5, 0.6) is 0 Å². The lowest BCUT2D eigenvalue weighted by Gasteiger charge is -2.38. The van der Waals surface area contributed by atoms with Crippen LogP contribution in [-0.4, -0.2) is 49.8 Å². The molecule has 0 spiro atoms. The molecule has 0 aromatic carbocycles. The van der Waals surface area contributed by atoms with E-state index in [0.29, 0.717) is 25.9 Å². The van der Waals surface area contributed by atoms with E-state index in [9.17, 15) is 9.59 Å². The van der Waals surface area contributed by atoms with E-state index in [-0.39, 0.29) is 41.3 Å². The predicted octanol–water partition coefficient (Wildman–Crippen LogP) is 8.02. The number of hydrogen-bond donors (Lipinski definition) is 1. The SMILES string of the molecule is CC/C=C\CC(/C=C/[C@H]([C@H]1COC(C)(C)O1)[C@@H](C/C=C\C/C=C\CCC(=O)O)C(C)=O)O[Si](C)(C)C(C)(C)C. The Bertz CT molecular complexity index is 878. The number of carbonyl (C=O) groups excluding carboxylic acids is 1. The first-order chi connectivity index (χ1) is 18.1. The normalized spacial score (nSPS) is 20.9. The van der Waals surface area contributed by atoms with E-state index in [2.05, 4.69) is 65.1 Å². The summed E-state index contributed by atoms with van der Waals surface area (Å²) in [4.78, 5) is 23.6. The maximum atomic E-state index is 12.9. The van der Waals surface area contributed by atoms with Crippen molar-refractivity contribution in [2.75, 3.05) is 6.61 Å². The van der Waals surface area contributed by atoms with E-state index < -0.39 is 20.1 Å². The van der Waals surface area contributed by atoms with Crippen LogP contribution in [0.1, 0.15) is 87.0 Å². The molecular weight excluding hydrogens is 508 g/mol. The van der Waals surface area contributed by atoms with Gasteiger partial charge in [0.1, 0.15) is 5.78 Å². The van der Waals surface area contributed by atoms with E-state index in [4.69, 9.17) is 19.0 Å². The molecule has 0 saturated carbocycles. The Morgan fingerprint density at radius 2 is 1.69 bits per heavy atom. The summed E-state index contributed by atoms with van der Waals surface area (Å²) in [5.41, 5.74) is 0. The smallest absolute Gasteiger partial charge is 0.303 e. The third-order valence-electron chi connectivity index (χ3n) is 7.54. The molecule has 39 heavy (non-hydrogen) atoms. The number of carboxylic acids is 1. The number of carboxylic acid groups (broad SMARTS) is 1. The number of aliphatic carboxylic acids is 1. The van der Waals surface area contributed by atoms with Crippen molar-refractivity contribution in [3.05, 3.63) is 48.6 Å². The van der Waals surface area contributed by atoms with E-state index in [1.807, 2.05) is 38.2 Å². The van der Waals surface area contributed by atoms with E-state index >= 15 is 0 Å². The van der Waals surface area contributed by atoms with Crippen molar-refractivity contribution in [1.82, 2.24) is 0 Å². The first kappa shape index (κ1) is 35.2. The number of ketones is 1. The van der Waals surface area contributed by atoms with Gasteiger partial charge in [0.25, 0.3) is 0 Å². The Morgan fingerprint density at radius 1 is 1.05 bits per heavy atom. The zero-order valence-corrected chi connectivity index (χ0v) is 26.9. The van der Waals surface area contributed by atoms with Crippen LogP contribution in [-0.2, 0) is 23.5 Å². The van der Waals surface area contributed by atoms with Gasteiger partial charge in [-0.1, -0.05) is 76.3 Å². The Kier molecular flexibility index (Phi) is 14.9. The van der Waals surface area contributed by atoms with Gasteiger partial charge < -0.3 is 19.0 Å². The topological polar surface area (TPSA) is 82.1 Å². The highest BCUT2D eigenvalue weighted by Gasteiger charge is 2.41. The van der Waals surface area contributed by atoms with Crippen molar-refractivity contribution in [1.29, 1.82) is 0 Å². The summed E-state index contributed by atoms with van der Waals surface area (Å²) < 4.78 is 19.0. The Hall–Kier alpha value is -1.80. The maximum absolute atomic E-state index is 12.9. The largest absolute Gasteiger partial charge is 0.481 e. The van der Waals surface area contributed by atoms with E-state index in [0.717, 1.165) is 12.8 Å². The van der Waals surface area contributed by atoms with Gasteiger partial charge in [-0.25, -0.2) is 0 Å². The van der Waals surface area contributed by atoms with Crippen LogP contribution < -0.4 is 0 Å². The molecule has 0 aromatic heterocycles. The maximum Gasteiger partial charge on any atom is 0.303 e. The summed E-state index contributed by atoms with van der Waals surface area (Å²) in [6.07, 6.45) is 20.0. The summed E-state index contributed by atoms with van der Waals surface area (Å²) >= 11 is 0. The highest BCUT2D eigenvalue weighted by molar-refractivity contribution is 6.74. The van der Waals surface area contributed by atoms with Crippen LogP contribution >= 0.6 is 0 Å². The van der Waals surface area contributed by atoms with Crippen LogP contribution in [0.15, 0.2) is 48.6 Å². The fourth-order valence-electron chi connectivity index (χ4n) is 4.23. The Morgan fingerprint density at radius 3 is 2.23 bits per heavy atom.